The number of nitrogens with zero attached hydrogens (tertiary/aromatic N) is 1. The van der Waals surface area contributed by atoms with Crippen LogP contribution < -0.4 is 10.6 Å². The monoisotopic (exact) mass is 365 g/mol. The molecule has 0 spiro atoms. The lowest BCUT2D eigenvalue weighted by atomic mass is 10.0. The first-order chi connectivity index (χ1) is 12.1. The fraction of sp³-hybridized carbons (Fsp3) is 0.600. The molecule has 2 amide bonds. The van der Waals surface area contributed by atoms with Gasteiger partial charge in [-0.3, -0.25) is 9.59 Å². The van der Waals surface area contributed by atoms with Crippen molar-refractivity contribution in [3.63, 3.8) is 0 Å². The van der Waals surface area contributed by atoms with Gasteiger partial charge in [0.15, 0.2) is 0 Å². The van der Waals surface area contributed by atoms with Gasteiger partial charge in [-0.25, -0.2) is 4.39 Å². The lowest BCUT2D eigenvalue weighted by Crippen LogP contribution is -2.51. The molecule has 0 heterocycles. The van der Waals surface area contributed by atoms with Gasteiger partial charge in [0.05, 0.1) is 6.04 Å². The topological polar surface area (TPSA) is 61.4 Å². The van der Waals surface area contributed by atoms with E-state index in [1.165, 1.54) is 12.1 Å². The van der Waals surface area contributed by atoms with Gasteiger partial charge in [-0.2, -0.15) is 0 Å². The third kappa shape index (κ3) is 7.12. The Morgan fingerprint density at radius 2 is 1.81 bits per heavy atom. The van der Waals surface area contributed by atoms with E-state index in [1.807, 2.05) is 52.8 Å². The van der Waals surface area contributed by atoms with Gasteiger partial charge in [-0.05, 0) is 43.6 Å². The molecule has 146 valence electrons. The molecule has 0 radical (unpaired) electrons. The molecular weight excluding hydrogens is 333 g/mol. The van der Waals surface area contributed by atoms with Crippen LogP contribution in [0.2, 0.25) is 0 Å². The Kier molecular flexibility index (Phi) is 8.72. The lowest BCUT2D eigenvalue weighted by molar-refractivity contribution is -0.130. The van der Waals surface area contributed by atoms with Crippen LogP contribution in [0.3, 0.4) is 0 Å². The first-order valence-electron chi connectivity index (χ1n) is 9.10. The number of benzene rings is 1. The minimum absolute atomic E-state index is 0.0295. The normalized spacial score (nSPS) is 13.8. The van der Waals surface area contributed by atoms with Gasteiger partial charge in [0, 0.05) is 13.0 Å². The van der Waals surface area contributed by atoms with Crippen LogP contribution in [-0.2, 0) is 9.59 Å². The molecule has 0 aromatic heterocycles. The first kappa shape index (κ1) is 22.1. The summed E-state index contributed by atoms with van der Waals surface area (Å²) in [7, 11) is 3.76. The largest absolute Gasteiger partial charge is 0.352 e. The maximum atomic E-state index is 13.5. The van der Waals surface area contributed by atoms with Gasteiger partial charge in [-0.15, -0.1) is 0 Å². The molecule has 0 aliphatic heterocycles. The molecule has 0 bridgehead atoms. The predicted molar refractivity (Wildman–Crippen MR) is 102 cm³/mol. The van der Waals surface area contributed by atoms with E-state index in [0.717, 1.165) is 5.56 Å². The maximum absolute atomic E-state index is 13.5. The van der Waals surface area contributed by atoms with Gasteiger partial charge >= 0.3 is 0 Å². The fourth-order valence-corrected chi connectivity index (χ4v) is 2.76. The van der Waals surface area contributed by atoms with Crippen LogP contribution in [-0.4, -0.2) is 43.4 Å². The van der Waals surface area contributed by atoms with Crippen LogP contribution in [0.15, 0.2) is 24.3 Å². The Labute approximate surface area is 156 Å². The highest BCUT2D eigenvalue weighted by molar-refractivity contribution is 5.87. The van der Waals surface area contributed by atoms with Crippen LogP contribution in [0.5, 0.6) is 0 Å². The molecule has 0 fully saturated rings. The molecule has 2 unspecified atom stereocenters. The number of halogens is 1. The van der Waals surface area contributed by atoms with Crippen molar-refractivity contribution in [3.8, 4) is 0 Å². The molecule has 2 atom stereocenters. The van der Waals surface area contributed by atoms with Gasteiger partial charge in [0.2, 0.25) is 11.8 Å². The van der Waals surface area contributed by atoms with E-state index in [-0.39, 0.29) is 35.5 Å². The van der Waals surface area contributed by atoms with E-state index in [0.29, 0.717) is 13.0 Å². The first-order valence-corrected chi connectivity index (χ1v) is 9.10. The molecule has 0 aliphatic rings. The zero-order chi connectivity index (χ0) is 19.9. The average Bonchev–Trinajstić information content (AvgIpc) is 2.51. The third-order valence-electron chi connectivity index (χ3n) is 4.19. The van der Waals surface area contributed by atoms with E-state index >= 15 is 0 Å². The van der Waals surface area contributed by atoms with Crippen molar-refractivity contribution in [2.45, 2.75) is 46.2 Å². The van der Waals surface area contributed by atoms with Crippen molar-refractivity contribution in [1.82, 2.24) is 15.5 Å². The molecule has 0 saturated heterocycles. The smallest absolute Gasteiger partial charge is 0.242 e. The summed E-state index contributed by atoms with van der Waals surface area (Å²) in [5, 5.41) is 5.73. The summed E-state index contributed by atoms with van der Waals surface area (Å²) in [6.45, 7) is 8.06. The molecule has 6 heteroatoms. The van der Waals surface area contributed by atoms with E-state index in [2.05, 4.69) is 10.6 Å². The van der Waals surface area contributed by atoms with E-state index in [9.17, 15) is 14.0 Å². The van der Waals surface area contributed by atoms with Gasteiger partial charge in [-0.1, -0.05) is 39.8 Å². The average molecular weight is 365 g/mol. The van der Waals surface area contributed by atoms with Crippen molar-refractivity contribution < 1.29 is 14.0 Å². The highest BCUT2D eigenvalue weighted by atomic mass is 19.1. The quantitative estimate of drug-likeness (QED) is 0.707. The Balaban J connectivity index is 2.76. The van der Waals surface area contributed by atoms with Gasteiger partial charge in [0.1, 0.15) is 11.9 Å². The second-order valence-corrected chi connectivity index (χ2v) is 7.67. The van der Waals surface area contributed by atoms with Crippen molar-refractivity contribution in [2.75, 3.05) is 20.6 Å². The van der Waals surface area contributed by atoms with Crippen molar-refractivity contribution in [2.24, 2.45) is 11.8 Å². The summed E-state index contributed by atoms with van der Waals surface area (Å²) >= 11 is 0. The van der Waals surface area contributed by atoms with Crippen LogP contribution >= 0.6 is 0 Å². The zero-order valence-electron chi connectivity index (χ0n) is 16.7. The molecule has 0 aliphatic carbocycles. The van der Waals surface area contributed by atoms with E-state index < -0.39 is 6.04 Å². The van der Waals surface area contributed by atoms with Gasteiger partial charge in [0.25, 0.3) is 0 Å². The second-order valence-electron chi connectivity index (χ2n) is 7.67. The number of hydrogen-bond acceptors (Lipinski definition) is 3. The van der Waals surface area contributed by atoms with Crippen LogP contribution in [0, 0.1) is 17.7 Å². The summed E-state index contributed by atoms with van der Waals surface area (Å²) in [6, 6.07) is 5.62. The number of carbonyl (C=O) groups excluding carboxylic acids is 2. The van der Waals surface area contributed by atoms with E-state index in [4.69, 9.17) is 0 Å². The Morgan fingerprint density at radius 1 is 1.15 bits per heavy atom. The maximum Gasteiger partial charge on any atom is 0.242 e. The zero-order valence-corrected chi connectivity index (χ0v) is 16.7. The summed E-state index contributed by atoms with van der Waals surface area (Å²) in [4.78, 5) is 26.6. The van der Waals surface area contributed by atoms with Crippen molar-refractivity contribution >= 4 is 11.8 Å². The summed E-state index contributed by atoms with van der Waals surface area (Å²) < 4.78 is 13.5. The standard InChI is InChI=1S/C20H32FN3O2/c1-13(2)10-18(25)23-19(14(3)4)20(26)22-12-17(24(5)6)15-8-7-9-16(21)11-15/h7-9,11,13-14,17,19H,10,12H2,1-6H3,(H,22,26)(H,23,25). The molecule has 5 nitrogen and oxygen atoms in total. The number of likely N-dealkylation sites (N-methyl/N-ethyl adjacent to an activating group) is 1. The number of nitrogens with one attached hydrogen (secondary N) is 2. The Bertz CT molecular complexity index is 602. The fourth-order valence-electron chi connectivity index (χ4n) is 2.76. The molecule has 1 aromatic rings. The summed E-state index contributed by atoms with van der Waals surface area (Å²) in [6.07, 6.45) is 0.389. The predicted octanol–water partition coefficient (Wildman–Crippen LogP) is 2.73. The second kappa shape index (κ2) is 10.3. The highest BCUT2D eigenvalue weighted by Gasteiger charge is 2.25. The molecular formula is C20H32FN3O2. The number of carbonyl (C=O) groups is 2. The molecule has 0 saturated carbocycles. The van der Waals surface area contributed by atoms with Crippen molar-refractivity contribution in [3.05, 3.63) is 35.6 Å². The Morgan fingerprint density at radius 3 is 2.31 bits per heavy atom. The van der Waals surface area contributed by atoms with Crippen molar-refractivity contribution in [1.29, 1.82) is 0 Å². The van der Waals surface area contributed by atoms with E-state index in [1.54, 1.807) is 6.07 Å². The highest BCUT2D eigenvalue weighted by Crippen LogP contribution is 2.18. The molecule has 1 rings (SSSR count). The number of rotatable bonds is 9. The SMILES string of the molecule is CC(C)CC(=O)NC(C(=O)NCC(c1cccc(F)c1)N(C)C)C(C)C. The minimum atomic E-state index is -0.587. The lowest BCUT2D eigenvalue weighted by Gasteiger charge is -2.27. The van der Waals surface area contributed by atoms with Crippen LogP contribution in [0.1, 0.15) is 45.7 Å². The molecule has 2 N–H and O–H groups in total. The molecule has 26 heavy (non-hydrogen) atoms. The Hall–Kier alpha value is -1.95. The third-order valence-corrected chi connectivity index (χ3v) is 4.19. The van der Waals surface area contributed by atoms with Crippen LogP contribution in [0.4, 0.5) is 4.39 Å². The van der Waals surface area contributed by atoms with Gasteiger partial charge < -0.3 is 15.5 Å². The number of amides is 2. The number of hydrogen-bond donors (Lipinski definition) is 2. The van der Waals surface area contributed by atoms with Crippen LogP contribution in [0.25, 0.3) is 0 Å². The minimum Gasteiger partial charge on any atom is -0.352 e. The molecule has 1 aromatic carbocycles. The summed E-state index contributed by atoms with van der Waals surface area (Å²) in [5.41, 5.74) is 0.792. The summed E-state index contributed by atoms with van der Waals surface area (Å²) in [5.74, 6) is -0.444.